The van der Waals surface area contributed by atoms with Crippen molar-refractivity contribution in [3.63, 3.8) is 0 Å². The molecule has 0 atom stereocenters. The maximum Gasteiger partial charge on any atom is 0.259 e. The van der Waals surface area contributed by atoms with Crippen molar-refractivity contribution in [3.8, 4) is 0 Å². The van der Waals surface area contributed by atoms with Crippen LogP contribution in [0.15, 0.2) is 40.9 Å². The van der Waals surface area contributed by atoms with Crippen molar-refractivity contribution < 1.29 is 4.79 Å². The SMILES string of the molecule is Nc1cccc2c1CCCN2C(=O)c1cc(Br)ccc1I. The molecule has 5 heteroatoms. The van der Waals surface area contributed by atoms with E-state index < -0.39 is 0 Å². The number of carbonyl (C=O) groups excluding carboxylic acids is 1. The first-order chi connectivity index (χ1) is 10.1. The molecule has 0 spiro atoms. The van der Waals surface area contributed by atoms with Gasteiger partial charge in [0.1, 0.15) is 0 Å². The highest BCUT2D eigenvalue weighted by atomic mass is 127. The molecule has 1 aliphatic heterocycles. The summed E-state index contributed by atoms with van der Waals surface area (Å²) in [6.45, 7) is 0.734. The molecule has 0 saturated heterocycles. The quantitative estimate of drug-likeness (QED) is 0.515. The minimum Gasteiger partial charge on any atom is -0.398 e. The van der Waals surface area contributed by atoms with Crippen LogP contribution in [0, 0.1) is 3.57 Å². The van der Waals surface area contributed by atoms with Crippen LogP contribution in [-0.4, -0.2) is 12.5 Å². The van der Waals surface area contributed by atoms with Crippen molar-refractivity contribution in [2.24, 2.45) is 0 Å². The largest absolute Gasteiger partial charge is 0.398 e. The average Bonchev–Trinajstić information content (AvgIpc) is 2.49. The summed E-state index contributed by atoms with van der Waals surface area (Å²) in [4.78, 5) is 14.8. The minimum absolute atomic E-state index is 0.0345. The second-order valence-corrected chi connectivity index (χ2v) is 7.11. The van der Waals surface area contributed by atoms with Gasteiger partial charge in [-0.2, -0.15) is 0 Å². The normalized spacial score (nSPS) is 13.9. The summed E-state index contributed by atoms with van der Waals surface area (Å²) >= 11 is 5.64. The molecule has 108 valence electrons. The lowest BCUT2D eigenvalue weighted by atomic mass is 9.99. The standard InChI is InChI=1S/C16H14BrIN2O/c17-10-6-7-13(18)12(9-10)16(21)20-8-2-3-11-14(19)4-1-5-15(11)20/h1,4-7,9H,2-3,8,19H2. The van der Waals surface area contributed by atoms with E-state index in [4.69, 9.17) is 5.73 Å². The molecule has 21 heavy (non-hydrogen) atoms. The zero-order valence-corrected chi connectivity index (χ0v) is 15.0. The number of halogens is 2. The number of hydrogen-bond acceptors (Lipinski definition) is 2. The van der Waals surface area contributed by atoms with E-state index in [1.165, 1.54) is 0 Å². The van der Waals surface area contributed by atoms with Crippen molar-refractivity contribution in [2.75, 3.05) is 17.2 Å². The molecular weight excluding hydrogens is 443 g/mol. The molecule has 3 rings (SSSR count). The predicted octanol–water partition coefficient (Wildman–Crippen LogP) is 4.23. The van der Waals surface area contributed by atoms with Crippen LogP contribution in [0.1, 0.15) is 22.3 Å². The number of anilines is 2. The Morgan fingerprint density at radius 1 is 1.29 bits per heavy atom. The van der Waals surface area contributed by atoms with Crippen molar-refractivity contribution >= 4 is 55.8 Å². The van der Waals surface area contributed by atoms with Gasteiger partial charge in [-0.25, -0.2) is 0 Å². The van der Waals surface area contributed by atoms with Crippen LogP contribution in [0.4, 0.5) is 11.4 Å². The molecule has 0 radical (unpaired) electrons. The molecular formula is C16H14BrIN2O. The van der Waals surface area contributed by atoms with Crippen molar-refractivity contribution in [1.29, 1.82) is 0 Å². The van der Waals surface area contributed by atoms with Crippen LogP contribution in [0.5, 0.6) is 0 Å². The predicted molar refractivity (Wildman–Crippen MR) is 97.7 cm³/mol. The molecule has 0 fully saturated rings. The average molecular weight is 457 g/mol. The van der Waals surface area contributed by atoms with Crippen LogP contribution < -0.4 is 10.6 Å². The topological polar surface area (TPSA) is 46.3 Å². The Bertz CT molecular complexity index is 717. The number of nitrogens with two attached hydrogens (primary N) is 1. The van der Waals surface area contributed by atoms with Crippen molar-refractivity contribution in [1.82, 2.24) is 0 Å². The summed E-state index contributed by atoms with van der Waals surface area (Å²) < 4.78 is 1.87. The van der Waals surface area contributed by atoms with Crippen LogP contribution >= 0.6 is 38.5 Å². The van der Waals surface area contributed by atoms with E-state index in [-0.39, 0.29) is 5.91 Å². The number of nitrogen functional groups attached to an aromatic ring is 1. The highest BCUT2D eigenvalue weighted by molar-refractivity contribution is 14.1. The van der Waals surface area contributed by atoms with Gasteiger partial charge in [0.25, 0.3) is 5.91 Å². The molecule has 1 amide bonds. The van der Waals surface area contributed by atoms with E-state index in [0.717, 1.165) is 49.9 Å². The fraction of sp³-hybridized carbons (Fsp3) is 0.188. The fourth-order valence-corrected chi connectivity index (χ4v) is 3.60. The number of carbonyl (C=O) groups is 1. The molecule has 3 nitrogen and oxygen atoms in total. The molecule has 2 N–H and O–H groups in total. The number of benzene rings is 2. The van der Waals surface area contributed by atoms with Crippen LogP contribution in [0.2, 0.25) is 0 Å². The maximum absolute atomic E-state index is 12.9. The van der Waals surface area contributed by atoms with Crippen molar-refractivity contribution in [3.05, 3.63) is 55.6 Å². The van der Waals surface area contributed by atoms with Gasteiger partial charge in [-0.3, -0.25) is 4.79 Å². The van der Waals surface area contributed by atoms with Gasteiger partial charge in [0.05, 0.1) is 5.56 Å². The smallest absolute Gasteiger partial charge is 0.259 e. The van der Waals surface area contributed by atoms with Crippen LogP contribution in [0.25, 0.3) is 0 Å². The Morgan fingerprint density at radius 2 is 2.10 bits per heavy atom. The Kier molecular flexibility index (Phi) is 4.21. The first kappa shape index (κ1) is 14.8. The Balaban J connectivity index is 2.04. The lowest BCUT2D eigenvalue weighted by Gasteiger charge is -2.30. The molecule has 1 aliphatic rings. The van der Waals surface area contributed by atoms with Gasteiger partial charge in [0.15, 0.2) is 0 Å². The van der Waals surface area contributed by atoms with Gasteiger partial charge in [-0.15, -0.1) is 0 Å². The minimum atomic E-state index is 0.0345. The zero-order valence-electron chi connectivity index (χ0n) is 11.3. The fourth-order valence-electron chi connectivity index (χ4n) is 2.67. The lowest BCUT2D eigenvalue weighted by Crippen LogP contribution is -2.36. The molecule has 2 aromatic rings. The van der Waals surface area contributed by atoms with E-state index in [2.05, 4.69) is 38.5 Å². The van der Waals surface area contributed by atoms with Crippen LogP contribution in [0.3, 0.4) is 0 Å². The van der Waals surface area contributed by atoms with E-state index in [9.17, 15) is 4.79 Å². The van der Waals surface area contributed by atoms with E-state index in [1.54, 1.807) is 0 Å². The molecule has 0 unspecified atom stereocenters. The second-order valence-electron chi connectivity index (χ2n) is 5.03. The number of nitrogens with zero attached hydrogens (tertiary/aromatic N) is 1. The van der Waals surface area contributed by atoms with Crippen LogP contribution in [-0.2, 0) is 6.42 Å². The Morgan fingerprint density at radius 3 is 2.90 bits per heavy atom. The molecule has 0 bridgehead atoms. The third kappa shape index (κ3) is 2.81. The summed E-state index contributed by atoms with van der Waals surface area (Å²) in [6.07, 6.45) is 1.87. The summed E-state index contributed by atoms with van der Waals surface area (Å²) in [7, 11) is 0. The monoisotopic (exact) mass is 456 g/mol. The number of fused-ring (bicyclic) bond motifs is 1. The highest BCUT2D eigenvalue weighted by Gasteiger charge is 2.25. The van der Waals surface area contributed by atoms with E-state index in [0.29, 0.717) is 0 Å². The summed E-state index contributed by atoms with van der Waals surface area (Å²) in [5.74, 6) is 0.0345. The van der Waals surface area contributed by atoms with Gasteiger partial charge in [-0.1, -0.05) is 22.0 Å². The van der Waals surface area contributed by atoms with Gasteiger partial charge in [0, 0.05) is 26.0 Å². The zero-order chi connectivity index (χ0) is 15.0. The lowest BCUT2D eigenvalue weighted by molar-refractivity contribution is 0.0984. The third-order valence-corrected chi connectivity index (χ3v) is 5.12. The third-order valence-electron chi connectivity index (χ3n) is 3.69. The number of rotatable bonds is 1. The summed E-state index contributed by atoms with van der Waals surface area (Å²) in [6, 6.07) is 11.6. The van der Waals surface area contributed by atoms with E-state index >= 15 is 0 Å². The van der Waals surface area contributed by atoms with Gasteiger partial charge < -0.3 is 10.6 Å². The highest BCUT2D eigenvalue weighted by Crippen LogP contribution is 2.33. The van der Waals surface area contributed by atoms with Gasteiger partial charge in [-0.05, 0) is 71.3 Å². The molecule has 0 aliphatic carbocycles. The molecule has 2 aromatic carbocycles. The van der Waals surface area contributed by atoms with E-state index in [1.807, 2.05) is 41.3 Å². The Labute approximate surface area is 145 Å². The first-order valence-corrected chi connectivity index (χ1v) is 8.59. The number of hydrogen-bond donors (Lipinski definition) is 1. The second kappa shape index (κ2) is 5.96. The molecule has 0 saturated carbocycles. The van der Waals surface area contributed by atoms with Crippen molar-refractivity contribution in [2.45, 2.75) is 12.8 Å². The molecule has 0 aromatic heterocycles. The van der Waals surface area contributed by atoms with Gasteiger partial charge in [0.2, 0.25) is 0 Å². The Hall–Kier alpha value is -1.08. The maximum atomic E-state index is 12.9. The molecule has 1 heterocycles. The summed E-state index contributed by atoms with van der Waals surface area (Å²) in [5.41, 5.74) is 9.58. The first-order valence-electron chi connectivity index (χ1n) is 6.72. The number of amides is 1. The van der Waals surface area contributed by atoms with Gasteiger partial charge >= 0.3 is 0 Å². The summed E-state index contributed by atoms with van der Waals surface area (Å²) in [5, 5.41) is 0.